The monoisotopic (exact) mass is 328 g/mol. The molecule has 118 valence electrons. The number of ether oxygens (including phenoxy) is 1. The van der Waals surface area contributed by atoms with E-state index in [4.69, 9.17) is 16.3 Å². The van der Waals surface area contributed by atoms with Crippen molar-refractivity contribution in [3.05, 3.63) is 29.0 Å². The Morgan fingerprint density at radius 2 is 2.23 bits per heavy atom. The van der Waals surface area contributed by atoms with Crippen LogP contribution in [0.3, 0.4) is 0 Å². The molecule has 2 amide bonds. The molecule has 1 aliphatic rings. The number of esters is 1. The van der Waals surface area contributed by atoms with Crippen molar-refractivity contribution in [3.8, 4) is 0 Å². The summed E-state index contributed by atoms with van der Waals surface area (Å²) in [6, 6.07) is 3.05. The number of amides is 2. The number of rotatable bonds is 4. The van der Waals surface area contributed by atoms with Gasteiger partial charge in [0.1, 0.15) is 11.9 Å². The maximum Gasteiger partial charge on any atom is 0.329 e. The molecule has 22 heavy (non-hydrogen) atoms. The van der Waals surface area contributed by atoms with Crippen LogP contribution in [0.15, 0.2) is 18.2 Å². The average molecular weight is 329 g/mol. The number of carbonyl (C=O) groups is 3. The quantitative estimate of drug-likeness (QED) is 0.823. The number of halogens is 2. The number of hydrogen-bond acceptors (Lipinski definition) is 4. The van der Waals surface area contributed by atoms with Crippen molar-refractivity contribution in [2.45, 2.75) is 31.9 Å². The molecule has 1 aromatic carbocycles. The molecule has 0 radical (unpaired) electrons. The molecule has 0 unspecified atom stereocenters. The maximum absolute atomic E-state index is 13.6. The molecule has 1 aromatic rings. The summed E-state index contributed by atoms with van der Waals surface area (Å²) in [5.74, 6) is -2.30. The first-order chi connectivity index (χ1) is 10.4. The van der Waals surface area contributed by atoms with Gasteiger partial charge in [-0.3, -0.25) is 9.59 Å². The summed E-state index contributed by atoms with van der Waals surface area (Å²) in [5.41, 5.74) is -0.0635. The summed E-state index contributed by atoms with van der Waals surface area (Å²) in [6.07, 6.45) is -0.547. The molecule has 8 heteroatoms. The lowest BCUT2D eigenvalue weighted by molar-refractivity contribution is -0.155. The van der Waals surface area contributed by atoms with Gasteiger partial charge in [0.25, 0.3) is 5.91 Å². The largest absolute Gasteiger partial charge is 0.451 e. The standard InChI is InChI=1S/C14H14ClFN2O4/c1-7(22-14(21)11-4-5-12(19)17-11)13(20)18-10-3-2-8(15)6-9(10)16/h2-3,6-7,11H,4-5H2,1H3,(H,17,19)(H,18,20)/t7-,11-/m1/s1. The lowest BCUT2D eigenvalue weighted by Crippen LogP contribution is -2.39. The summed E-state index contributed by atoms with van der Waals surface area (Å²) < 4.78 is 18.5. The molecule has 1 fully saturated rings. The van der Waals surface area contributed by atoms with Crippen molar-refractivity contribution in [1.29, 1.82) is 0 Å². The number of benzene rings is 1. The van der Waals surface area contributed by atoms with Crippen molar-refractivity contribution in [3.63, 3.8) is 0 Å². The molecule has 2 atom stereocenters. The Labute approximate surface area is 131 Å². The van der Waals surface area contributed by atoms with Gasteiger partial charge in [0.2, 0.25) is 5.91 Å². The number of nitrogens with one attached hydrogen (secondary N) is 2. The van der Waals surface area contributed by atoms with Gasteiger partial charge in [-0.25, -0.2) is 9.18 Å². The van der Waals surface area contributed by atoms with Gasteiger partial charge in [-0.15, -0.1) is 0 Å². The topological polar surface area (TPSA) is 84.5 Å². The number of hydrogen-bond donors (Lipinski definition) is 2. The van der Waals surface area contributed by atoms with E-state index < -0.39 is 29.8 Å². The highest BCUT2D eigenvalue weighted by Gasteiger charge is 2.30. The molecule has 6 nitrogen and oxygen atoms in total. The molecule has 0 saturated carbocycles. The van der Waals surface area contributed by atoms with E-state index in [1.807, 2.05) is 0 Å². The fraction of sp³-hybridized carbons (Fsp3) is 0.357. The van der Waals surface area contributed by atoms with Crippen LogP contribution in [-0.4, -0.2) is 29.9 Å². The second-order valence-corrected chi connectivity index (χ2v) is 5.29. The Kier molecular flexibility index (Phi) is 4.97. The molecular weight excluding hydrogens is 315 g/mol. The molecule has 2 rings (SSSR count). The Bertz CT molecular complexity index is 623. The SMILES string of the molecule is C[C@@H](OC(=O)[C@H]1CCC(=O)N1)C(=O)Nc1ccc(Cl)cc1F. The van der Waals surface area contributed by atoms with Gasteiger partial charge in [-0.05, 0) is 31.5 Å². The van der Waals surface area contributed by atoms with Crippen LogP contribution in [0.2, 0.25) is 5.02 Å². The van der Waals surface area contributed by atoms with Crippen molar-refractivity contribution >= 4 is 35.1 Å². The van der Waals surface area contributed by atoms with Crippen molar-refractivity contribution in [1.82, 2.24) is 5.32 Å². The fourth-order valence-corrected chi connectivity index (χ4v) is 2.08. The minimum absolute atomic E-state index is 0.0635. The van der Waals surface area contributed by atoms with Crippen LogP contribution in [0.4, 0.5) is 10.1 Å². The van der Waals surface area contributed by atoms with Crippen molar-refractivity contribution in [2.24, 2.45) is 0 Å². The molecule has 0 aromatic heterocycles. The fourth-order valence-electron chi connectivity index (χ4n) is 1.93. The zero-order valence-corrected chi connectivity index (χ0v) is 12.4. The maximum atomic E-state index is 13.6. The predicted molar refractivity (Wildman–Crippen MR) is 76.8 cm³/mol. The third-order valence-electron chi connectivity index (χ3n) is 3.13. The highest BCUT2D eigenvalue weighted by atomic mass is 35.5. The summed E-state index contributed by atoms with van der Waals surface area (Å²) in [4.78, 5) is 34.7. The van der Waals surface area contributed by atoms with Crippen LogP contribution in [0.1, 0.15) is 19.8 Å². The van der Waals surface area contributed by atoms with E-state index in [2.05, 4.69) is 10.6 Å². The number of anilines is 1. The van der Waals surface area contributed by atoms with Crippen molar-refractivity contribution < 1.29 is 23.5 Å². The first-order valence-corrected chi connectivity index (χ1v) is 7.00. The zero-order valence-electron chi connectivity index (χ0n) is 11.7. The van der Waals surface area contributed by atoms with E-state index in [0.29, 0.717) is 6.42 Å². The molecule has 0 aliphatic carbocycles. The van der Waals surface area contributed by atoms with Crippen LogP contribution >= 0.6 is 11.6 Å². The minimum atomic E-state index is -1.12. The average Bonchev–Trinajstić information content (AvgIpc) is 2.88. The molecule has 0 spiro atoms. The smallest absolute Gasteiger partial charge is 0.329 e. The summed E-state index contributed by atoms with van der Waals surface area (Å²) in [7, 11) is 0. The molecule has 1 aliphatic heterocycles. The third kappa shape index (κ3) is 3.94. The van der Waals surface area contributed by atoms with Crippen LogP contribution in [-0.2, 0) is 19.1 Å². The van der Waals surface area contributed by atoms with Gasteiger partial charge in [0.05, 0.1) is 5.69 Å². The van der Waals surface area contributed by atoms with Crippen LogP contribution in [0.25, 0.3) is 0 Å². The second-order valence-electron chi connectivity index (χ2n) is 4.85. The van der Waals surface area contributed by atoms with Crippen LogP contribution < -0.4 is 10.6 Å². The normalized spacial score (nSPS) is 18.5. The van der Waals surface area contributed by atoms with Gasteiger partial charge in [-0.1, -0.05) is 11.6 Å². The molecule has 0 bridgehead atoms. The summed E-state index contributed by atoms with van der Waals surface area (Å²) >= 11 is 5.61. The van der Waals surface area contributed by atoms with Gasteiger partial charge in [0, 0.05) is 11.4 Å². The predicted octanol–water partition coefficient (Wildman–Crippen LogP) is 1.63. The Balaban J connectivity index is 1.91. The van der Waals surface area contributed by atoms with E-state index in [-0.39, 0.29) is 23.0 Å². The van der Waals surface area contributed by atoms with Crippen LogP contribution in [0, 0.1) is 5.82 Å². The van der Waals surface area contributed by atoms with Crippen molar-refractivity contribution in [2.75, 3.05) is 5.32 Å². The van der Waals surface area contributed by atoms with E-state index in [9.17, 15) is 18.8 Å². The lowest BCUT2D eigenvalue weighted by atomic mass is 10.2. The third-order valence-corrected chi connectivity index (χ3v) is 3.37. The van der Waals surface area contributed by atoms with E-state index in [1.54, 1.807) is 0 Å². The first-order valence-electron chi connectivity index (χ1n) is 6.62. The Hall–Kier alpha value is -2.15. The van der Waals surface area contributed by atoms with Gasteiger partial charge < -0.3 is 15.4 Å². The second kappa shape index (κ2) is 6.74. The van der Waals surface area contributed by atoms with Gasteiger partial charge >= 0.3 is 5.97 Å². The highest BCUT2D eigenvalue weighted by molar-refractivity contribution is 6.30. The summed E-state index contributed by atoms with van der Waals surface area (Å²) in [6.45, 7) is 1.36. The first kappa shape index (κ1) is 16.2. The van der Waals surface area contributed by atoms with Gasteiger partial charge in [0.15, 0.2) is 6.10 Å². The van der Waals surface area contributed by atoms with Crippen LogP contribution in [0.5, 0.6) is 0 Å². The Morgan fingerprint density at radius 3 is 2.82 bits per heavy atom. The molecule has 1 heterocycles. The van der Waals surface area contributed by atoms with E-state index in [0.717, 1.165) is 6.07 Å². The number of carbonyl (C=O) groups excluding carboxylic acids is 3. The van der Waals surface area contributed by atoms with Gasteiger partial charge in [-0.2, -0.15) is 0 Å². The van der Waals surface area contributed by atoms with E-state index >= 15 is 0 Å². The molecular formula is C14H14ClFN2O4. The lowest BCUT2D eigenvalue weighted by Gasteiger charge is -2.16. The summed E-state index contributed by atoms with van der Waals surface area (Å²) in [5, 5.41) is 4.95. The minimum Gasteiger partial charge on any atom is -0.451 e. The molecule has 2 N–H and O–H groups in total. The zero-order chi connectivity index (χ0) is 16.3. The Morgan fingerprint density at radius 1 is 1.50 bits per heavy atom. The molecule has 1 saturated heterocycles. The van der Waals surface area contributed by atoms with E-state index in [1.165, 1.54) is 19.1 Å². The highest BCUT2D eigenvalue weighted by Crippen LogP contribution is 2.19.